The Balaban J connectivity index is 2.30. The van der Waals surface area contributed by atoms with E-state index in [9.17, 15) is 0 Å². The second-order valence-electron chi connectivity index (χ2n) is 6.99. The molecule has 0 radical (unpaired) electrons. The normalized spacial score (nSPS) is 28.8. The van der Waals surface area contributed by atoms with Crippen molar-refractivity contribution in [3.8, 4) is 0 Å². The molecule has 0 aromatic heterocycles. The van der Waals surface area contributed by atoms with E-state index in [1.807, 2.05) is 0 Å². The summed E-state index contributed by atoms with van der Waals surface area (Å²) < 4.78 is 0. The molecule has 1 aliphatic rings. The molecular formula is C17H35N. The minimum atomic E-state index is 0.783. The van der Waals surface area contributed by atoms with Crippen molar-refractivity contribution in [1.82, 2.24) is 5.32 Å². The van der Waals surface area contributed by atoms with E-state index in [2.05, 4.69) is 33.0 Å². The third kappa shape index (κ3) is 6.22. The smallest absolute Gasteiger partial charge is 0.00178 e. The molecule has 1 rings (SSSR count). The van der Waals surface area contributed by atoms with Crippen LogP contribution in [0.15, 0.2) is 0 Å². The highest BCUT2D eigenvalue weighted by molar-refractivity contribution is 4.80. The topological polar surface area (TPSA) is 12.0 Å². The van der Waals surface area contributed by atoms with Crippen LogP contribution in [0, 0.1) is 23.7 Å². The summed E-state index contributed by atoms with van der Waals surface area (Å²) in [6, 6.07) is 0. The van der Waals surface area contributed by atoms with E-state index in [0.717, 1.165) is 23.7 Å². The second-order valence-corrected chi connectivity index (χ2v) is 6.99. The van der Waals surface area contributed by atoms with Crippen LogP contribution in [0.4, 0.5) is 0 Å². The third-order valence-corrected chi connectivity index (χ3v) is 4.54. The van der Waals surface area contributed by atoms with Gasteiger partial charge in [0.25, 0.3) is 0 Å². The van der Waals surface area contributed by atoms with Gasteiger partial charge in [-0.2, -0.15) is 0 Å². The van der Waals surface area contributed by atoms with Gasteiger partial charge in [-0.15, -0.1) is 0 Å². The lowest BCUT2D eigenvalue weighted by molar-refractivity contribution is 0.170. The molecule has 0 bridgehead atoms. The van der Waals surface area contributed by atoms with Gasteiger partial charge in [-0.3, -0.25) is 0 Å². The molecule has 0 heterocycles. The Hall–Kier alpha value is -0.0400. The van der Waals surface area contributed by atoms with Gasteiger partial charge in [-0.25, -0.2) is 0 Å². The average molecular weight is 253 g/mol. The molecule has 0 aromatic rings. The fourth-order valence-electron chi connectivity index (χ4n) is 3.40. The van der Waals surface area contributed by atoms with E-state index in [-0.39, 0.29) is 0 Å². The zero-order chi connectivity index (χ0) is 13.4. The molecule has 1 aliphatic carbocycles. The van der Waals surface area contributed by atoms with Gasteiger partial charge in [0.15, 0.2) is 0 Å². The third-order valence-electron chi connectivity index (χ3n) is 4.54. The first kappa shape index (κ1) is 16.0. The van der Waals surface area contributed by atoms with Crippen molar-refractivity contribution in [3.63, 3.8) is 0 Å². The predicted octanol–water partition coefficient (Wildman–Crippen LogP) is 4.86. The Morgan fingerprint density at radius 2 is 1.89 bits per heavy atom. The fraction of sp³-hybridized carbons (Fsp3) is 1.00. The van der Waals surface area contributed by atoms with E-state index in [1.165, 1.54) is 58.0 Å². The first-order valence-electron chi connectivity index (χ1n) is 8.34. The SMILES string of the molecule is CCCCCC1CC(C)CCC1CNCC(C)C. The zero-order valence-electron chi connectivity index (χ0n) is 13.2. The molecule has 3 atom stereocenters. The number of unbranched alkanes of at least 4 members (excludes halogenated alkanes) is 2. The Morgan fingerprint density at radius 1 is 1.11 bits per heavy atom. The summed E-state index contributed by atoms with van der Waals surface area (Å²) in [5.41, 5.74) is 0. The van der Waals surface area contributed by atoms with Gasteiger partial charge in [-0.05, 0) is 49.6 Å². The quantitative estimate of drug-likeness (QED) is 0.609. The van der Waals surface area contributed by atoms with Crippen LogP contribution in [0.1, 0.15) is 72.6 Å². The minimum absolute atomic E-state index is 0.783. The second kappa shape index (κ2) is 8.96. The molecule has 108 valence electrons. The van der Waals surface area contributed by atoms with Crippen LogP contribution in [0.5, 0.6) is 0 Å². The van der Waals surface area contributed by atoms with Crippen LogP contribution in [-0.2, 0) is 0 Å². The maximum atomic E-state index is 3.69. The maximum absolute atomic E-state index is 3.69. The lowest BCUT2D eigenvalue weighted by Crippen LogP contribution is -2.34. The van der Waals surface area contributed by atoms with Crippen molar-refractivity contribution in [2.75, 3.05) is 13.1 Å². The standard InChI is InChI=1S/C17H35N/c1-5-6-7-8-16-11-15(4)9-10-17(16)13-18-12-14(2)3/h14-18H,5-13H2,1-4H3. The number of hydrogen-bond acceptors (Lipinski definition) is 1. The largest absolute Gasteiger partial charge is 0.316 e. The summed E-state index contributed by atoms with van der Waals surface area (Å²) >= 11 is 0. The molecule has 0 amide bonds. The van der Waals surface area contributed by atoms with Crippen molar-refractivity contribution in [2.45, 2.75) is 72.6 Å². The van der Waals surface area contributed by atoms with E-state index in [0.29, 0.717) is 0 Å². The van der Waals surface area contributed by atoms with Crippen LogP contribution in [0.2, 0.25) is 0 Å². The fourth-order valence-corrected chi connectivity index (χ4v) is 3.40. The summed E-state index contributed by atoms with van der Waals surface area (Å²) in [4.78, 5) is 0. The van der Waals surface area contributed by atoms with Crippen LogP contribution >= 0.6 is 0 Å². The molecule has 1 fully saturated rings. The molecule has 18 heavy (non-hydrogen) atoms. The lowest BCUT2D eigenvalue weighted by Gasteiger charge is -2.35. The van der Waals surface area contributed by atoms with Crippen LogP contribution in [0.25, 0.3) is 0 Å². The summed E-state index contributed by atoms with van der Waals surface area (Å²) in [6.07, 6.45) is 10.1. The molecule has 0 aromatic carbocycles. The lowest BCUT2D eigenvalue weighted by atomic mass is 9.72. The van der Waals surface area contributed by atoms with Gasteiger partial charge in [-0.1, -0.05) is 59.8 Å². The first-order chi connectivity index (χ1) is 8.63. The van der Waals surface area contributed by atoms with Crippen LogP contribution < -0.4 is 5.32 Å². The number of rotatable bonds is 8. The minimum Gasteiger partial charge on any atom is -0.316 e. The van der Waals surface area contributed by atoms with Gasteiger partial charge in [0.05, 0.1) is 0 Å². The van der Waals surface area contributed by atoms with E-state index in [4.69, 9.17) is 0 Å². The molecule has 1 saturated carbocycles. The molecule has 3 unspecified atom stereocenters. The molecule has 0 spiro atoms. The van der Waals surface area contributed by atoms with Gasteiger partial charge in [0, 0.05) is 0 Å². The van der Waals surface area contributed by atoms with E-state index < -0.39 is 0 Å². The summed E-state index contributed by atoms with van der Waals surface area (Å²) in [5, 5.41) is 3.69. The molecule has 1 heteroatoms. The van der Waals surface area contributed by atoms with Gasteiger partial charge in [0.1, 0.15) is 0 Å². The highest BCUT2D eigenvalue weighted by Gasteiger charge is 2.27. The molecule has 1 nitrogen and oxygen atoms in total. The van der Waals surface area contributed by atoms with E-state index in [1.54, 1.807) is 0 Å². The van der Waals surface area contributed by atoms with Crippen LogP contribution in [-0.4, -0.2) is 13.1 Å². The van der Waals surface area contributed by atoms with Crippen molar-refractivity contribution in [3.05, 3.63) is 0 Å². The molecule has 0 aliphatic heterocycles. The van der Waals surface area contributed by atoms with Gasteiger partial charge in [0.2, 0.25) is 0 Å². The summed E-state index contributed by atoms with van der Waals surface area (Å²) in [6.45, 7) is 11.8. The highest BCUT2D eigenvalue weighted by atomic mass is 14.9. The molecule has 1 N–H and O–H groups in total. The Labute approximate surface area is 115 Å². The highest BCUT2D eigenvalue weighted by Crippen LogP contribution is 2.36. The number of nitrogens with one attached hydrogen (secondary N) is 1. The van der Waals surface area contributed by atoms with Crippen molar-refractivity contribution < 1.29 is 0 Å². The first-order valence-corrected chi connectivity index (χ1v) is 8.34. The van der Waals surface area contributed by atoms with Crippen molar-refractivity contribution in [1.29, 1.82) is 0 Å². The Bertz CT molecular complexity index is 200. The predicted molar refractivity (Wildman–Crippen MR) is 81.8 cm³/mol. The summed E-state index contributed by atoms with van der Waals surface area (Å²) in [7, 11) is 0. The van der Waals surface area contributed by atoms with E-state index >= 15 is 0 Å². The monoisotopic (exact) mass is 253 g/mol. The van der Waals surface area contributed by atoms with Gasteiger partial charge >= 0.3 is 0 Å². The van der Waals surface area contributed by atoms with Gasteiger partial charge < -0.3 is 5.32 Å². The molecule has 0 saturated heterocycles. The maximum Gasteiger partial charge on any atom is -0.00178 e. The van der Waals surface area contributed by atoms with Crippen molar-refractivity contribution in [2.24, 2.45) is 23.7 Å². The van der Waals surface area contributed by atoms with Crippen molar-refractivity contribution >= 4 is 0 Å². The summed E-state index contributed by atoms with van der Waals surface area (Å²) in [5.74, 6) is 3.71. The van der Waals surface area contributed by atoms with Crippen LogP contribution in [0.3, 0.4) is 0 Å². The average Bonchev–Trinajstić information content (AvgIpc) is 2.32. The Morgan fingerprint density at radius 3 is 2.56 bits per heavy atom. The molecular weight excluding hydrogens is 218 g/mol. The number of hydrogen-bond donors (Lipinski definition) is 1. The zero-order valence-corrected chi connectivity index (χ0v) is 13.2. The Kier molecular flexibility index (Phi) is 7.97.